The van der Waals surface area contributed by atoms with Crippen LogP contribution in [0.2, 0.25) is 0 Å². The van der Waals surface area contributed by atoms with Gasteiger partial charge in [0.1, 0.15) is 0 Å². The van der Waals surface area contributed by atoms with Gasteiger partial charge >= 0.3 is 6.09 Å². The average molecular weight is 341 g/mol. The molecule has 1 aliphatic heterocycles. The van der Waals surface area contributed by atoms with E-state index in [0.29, 0.717) is 32.4 Å². The van der Waals surface area contributed by atoms with Gasteiger partial charge in [-0.3, -0.25) is 4.79 Å². The van der Waals surface area contributed by atoms with Crippen LogP contribution >= 0.6 is 15.9 Å². The van der Waals surface area contributed by atoms with Gasteiger partial charge in [-0.05, 0) is 24.5 Å². The first-order chi connectivity index (χ1) is 9.56. The first-order valence-electron chi connectivity index (χ1n) is 6.57. The smallest absolute Gasteiger partial charge is 0.404 e. The number of halogens is 1. The summed E-state index contributed by atoms with van der Waals surface area (Å²) in [7, 11) is 0. The predicted molar refractivity (Wildman–Crippen MR) is 78.6 cm³/mol. The van der Waals surface area contributed by atoms with Crippen LogP contribution in [0, 0.1) is 0 Å². The van der Waals surface area contributed by atoms with Gasteiger partial charge in [-0.2, -0.15) is 0 Å². The summed E-state index contributed by atoms with van der Waals surface area (Å²) in [4.78, 5) is 24.6. The van der Waals surface area contributed by atoms with Crippen molar-refractivity contribution in [2.24, 2.45) is 0 Å². The highest BCUT2D eigenvalue weighted by atomic mass is 79.9. The molecule has 0 aliphatic carbocycles. The maximum atomic E-state index is 12.2. The lowest BCUT2D eigenvalue weighted by molar-refractivity contribution is -0.131. The number of carbonyl (C=O) groups excluding carboxylic acids is 1. The van der Waals surface area contributed by atoms with Gasteiger partial charge in [-0.1, -0.05) is 34.1 Å². The quantitative estimate of drug-likeness (QED) is 0.886. The molecule has 1 heterocycles. The number of hydrogen-bond donors (Lipinski definition) is 2. The third kappa shape index (κ3) is 3.96. The highest BCUT2D eigenvalue weighted by Crippen LogP contribution is 2.18. The molecule has 0 atom stereocenters. The predicted octanol–water partition coefficient (Wildman–Crippen LogP) is 2.25. The second kappa shape index (κ2) is 6.74. The number of amides is 2. The number of rotatable bonds is 3. The van der Waals surface area contributed by atoms with Crippen molar-refractivity contribution >= 4 is 27.9 Å². The first kappa shape index (κ1) is 14.8. The number of carbonyl (C=O) groups is 2. The lowest BCUT2D eigenvalue weighted by atomic mass is 10.0. The Morgan fingerprint density at radius 2 is 1.95 bits per heavy atom. The second-order valence-corrected chi connectivity index (χ2v) is 5.73. The fourth-order valence-electron chi connectivity index (χ4n) is 2.36. The number of hydrogen-bond acceptors (Lipinski definition) is 2. The zero-order valence-electron chi connectivity index (χ0n) is 11.0. The maximum Gasteiger partial charge on any atom is 0.404 e. The largest absolute Gasteiger partial charge is 0.465 e. The second-order valence-electron chi connectivity index (χ2n) is 4.87. The minimum Gasteiger partial charge on any atom is -0.465 e. The van der Waals surface area contributed by atoms with E-state index in [1.54, 1.807) is 4.90 Å². The van der Waals surface area contributed by atoms with Crippen LogP contribution in [0.4, 0.5) is 4.79 Å². The molecule has 20 heavy (non-hydrogen) atoms. The van der Waals surface area contributed by atoms with Crippen LogP contribution in [-0.4, -0.2) is 41.1 Å². The minimum absolute atomic E-state index is 0.0417. The normalized spacial score (nSPS) is 15.9. The topological polar surface area (TPSA) is 69.6 Å². The average Bonchev–Trinajstić information content (AvgIpc) is 2.41. The van der Waals surface area contributed by atoms with Gasteiger partial charge in [0.05, 0.1) is 6.42 Å². The molecule has 0 spiro atoms. The minimum atomic E-state index is -0.997. The molecule has 0 saturated carbocycles. The van der Waals surface area contributed by atoms with Gasteiger partial charge in [0.2, 0.25) is 5.91 Å². The SMILES string of the molecule is O=C(O)NC1CCN(C(=O)Cc2ccccc2Br)CC1. The lowest BCUT2D eigenvalue weighted by Gasteiger charge is -2.32. The molecule has 1 aromatic carbocycles. The Morgan fingerprint density at radius 3 is 2.55 bits per heavy atom. The Morgan fingerprint density at radius 1 is 1.30 bits per heavy atom. The number of benzene rings is 1. The number of nitrogens with one attached hydrogen (secondary N) is 1. The van der Waals surface area contributed by atoms with Gasteiger partial charge in [0, 0.05) is 23.6 Å². The molecule has 2 amide bonds. The van der Waals surface area contributed by atoms with E-state index in [0.717, 1.165) is 10.0 Å². The zero-order chi connectivity index (χ0) is 14.5. The fourth-order valence-corrected chi connectivity index (χ4v) is 2.79. The third-order valence-electron chi connectivity index (χ3n) is 3.47. The number of piperidine rings is 1. The van der Waals surface area contributed by atoms with Gasteiger partial charge in [0.15, 0.2) is 0 Å². The van der Waals surface area contributed by atoms with E-state index in [2.05, 4.69) is 21.2 Å². The van der Waals surface area contributed by atoms with E-state index in [1.807, 2.05) is 24.3 Å². The van der Waals surface area contributed by atoms with E-state index in [4.69, 9.17) is 5.11 Å². The molecule has 0 unspecified atom stereocenters. The molecule has 0 aromatic heterocycles. The van der Waals surface area contributed by atoms with E-state index in [-0.39, 0.29) is 11.9 Å². The summed E-state index contributed by atoms with van der Waals surface area (Å²) in [6.45, 7) is 1.21. The van der Waals surface area contributed by atoms with Crippen molar-refractivity contribution in [3.63, 3.8) is 0 Å². The maximum absolute atomic E-state index is 12.2. The van der Waals surface area contributed by atoms with Gasteiger partial charge in [0.25, 0.3) is 0 Å². The summed E-state index contributed by atoms with van der Waals surface area (Å²) in [5.74, 6) is 0.0886. The van der Waals surface area contributed by atoms with Crippen molar-refractivity contribution in [1.29, 1.82) is 0 Å². The van der Waals surface area contributed by atoms with Crippen molar-refractivity contribution < 1.29 is 14.7 Å². The van der Waals surface area contributed by atoms with E-state index in [1.165, 1.54) is 0 Å². The molecule has 108 valence electrons. The van der Waals surface area contributed by atoms with Gasteiger partial charge in [-0.25, -0.2) is 4.79 Å². The van der Waals surface area contributed by atoms with Crippen LogP contribution in [0.25, 0.3) is 0 Å². The van der Waals surface area contributed by atoms with E-state index < -0.39 is 6.09 Å². The molecule has 0 bridgehead atoms. The lowest BCUT2D eigenvalue weighted by Crippen LogP contribution is -2.46. The molecule has 1 saturated heterocycles. The molecule has 1 aliphatic rings. The summed E-state index contributed by atoms with van der Waals surface area (Å²) >= 11 is 3.44. The molecule has 0 radical (unpaired) electrons. The summed E-state index contributed by atoms with van der Waals surface area (Å²) in [5.41, 5.74) is 0.975. The summed E-state index contributed by atoms with van der Waals surface area (Å²) < 4.78 is 0.941. The first-order valence-corrected chi connectivity index (χ1v) is 7.36. The standard InChI is InChI=1S/C14H17BrN2O3/c15-12-4-2-1-3-10(12)9-13(18)17-7-5-11(6-8-17)16-14(19)20/h1-4,11,16H,5-9H2,(H,19,20). The van der Waals surface area contributed by atoms with Crippen LogP contribution in [0.15, 0.2) is 28.7 Å². The van der Waals surface area contributed by atoms with Crippen LogP contribution in [0.1, 0.15) is 18.4 Å². The molecular formula is C14H17BrN2O3. The van der Waals surface area contributed by atoms with Gasteiger partial charge < -0.3 is 15.3 Å². The highest BCUT2D eigenvalue weighted by Gasteiger charge is 2.23. The van der Waals surface area contributed by atoms with Gasteiger partial charge in [-0.15, -0.1) is 0 Å². The summed E-state index contributed by atoms with van der Waals surface area (Å²) in [6.07, 6.45) is 0.725. The van der Waals surface area contributed by atoms with Crippen LogP contribution in [-0.2, 0) is 11.2 Å². The molecule has 6 heteroatoms. The molecule has 2 N–H and O–H groups in total. The number of carboxylic acid groups (broad SMARTS) is 1. The van der Waals surface area contributed by atoms with Crippen molar-refractivity contribution in [3.8, 4) is 0 Å². The molecular weight excluding hydrogens is 324 g/mol. The fraction of sp³-hybridized carbons (Fsp3) is 0.429. The Kier molecular flexibility index (Phi) is 5.00. The summed E-state index contributed by atoms with van der Waals surface area (Å²) in [6, 6.07) is 7.64. The van der Waals surface area contributed by atoms with Crippen LogP contribution in [0.5, 0.6) is 0 Å². The number of nitrogens with zero attached hydrogens (tertiary/aromatic N) is 1. The molecule has 1 aromatic rings. The number of likely N-dealkylation sites (tertiary alicyclic amines) is 1. The van der Waals surface area contributed by atoms with E-state index in [9.17, 15) is 9.59 Å². The molecule has 1 fully saturated rings. The van der Waals surface area contributed by atoms with Crippen molar-refractivity contribution in [2.75, 3.05) is 13.1 Å². The zero-order valence-corrected chi connectivity index (χ0v) is 12.6. The third-order valence-corrected chi connectivity index (χ3v) is 4.25. The Hall–Kier alpha value is -1.56. The molecule has 2 rings (SSSR count). The van der Waals surface area contributed by atoms with Crippen LogP contribution < -0.4 is 5.32 Å². The Balaban J connectivity index is 1.86. The van der Waals surface area contributed by atoms with Crippen LogP contribution in [0.3, 0.4) is 0 Å². The van der Waals surface area contributed by atoms with Crippen molar-refractivity contribution in [3.05, 3.63) is 34.3 Å². The Labute approximate surface area is 126 Å². The van der Waals surface area contributed by atoms with Crippen molar-refractivity contribution in [1.82, 2.24) is 10.2 Å². The van der Waals surface area contributed by atoms with Crippen molar-refractivity contribution in [2.45, 2.75) is 25.3 Å². The Bertz CT molecular complexity index is 499. The highest BCUT2D eigenvalue weighted by molar-refractivity contribution is 9.10. The summed E-state index contributed by atoms with van der Waals surface area (Å²) in [5, 5.41) is 11.1. The monoisotopic (exact) mass is 340 g/mol. The molecule has 5 nitrogen and oxygen atoms in total. The van der Waals surface area contributed by atoms with E-state index >= 15 is 0 Å².